The molecule has 0 N–H and O–H groups in total. The van der Waals surface area contributed by atoms with Crippen molar-refractivity contribution in [3.8, 4) is 27.9 Å². The van der Waals surface area contributed by atoms with Crippen molar-refractivity contribution in [1.82, 2.24) is 4.57 Å². The second-order valence-electron chi connectivity index (χ2n) is 11.7. The van der Waals surface area contributed by atoms with Gasteiger partial charge < -0.3 is 4.57 Å². The van der Waals surface area contributed by atoms with Crippen LogP contribution in [-0.4, -0.2) is 4.57 Å². The highest BCUT2D eigenvalue weighted by molar-refractivity contribution is 7.27. The minimum Gasteiger partial charge on any atom is -0.306 e. The molecule has 210 valence electrons. The second kappa shape index (κ2) is 9.64. The third-order valence-electron chi connectivity index (χ3n) is 9.23. The fourth-order valence-corrected chi connectivity index (χ4v) is 9.68. The first-order chi connectivity index (χ1) is 22.3. The van der Waals surface area contributed by atoms with E-state index in [1.807, 2.05) is 22.7 Å². The molecule has 3 heteroatoms. The zero-order chi connectivity index (χ0) is 29.5. The van der Waals surface area contributed by atoms with Crippen LogP contribution in [0.5, 0.6) is 0 Å². The van der Waals surface area contributed by atoms with Crippen LogP contribution in [0.2, 0.25) is 0 Å². The first kappa shape index (κ1) is 25.1. The van der Waals surface area contributed by atoms with E-state index in [4.69, 9.17) is 0 Å². The Bertz CT molecular complexity index is 2740. The minimum atomic E-state index is 1.24. The molecule has 0 saturated heterocycles. The number of thiophene rings is 2. The minimum absolute atomic E-state index is 1.24. The van der Waals surface area contributed by atoms with Crippen LogP contribution >= 0.6 is 22.7 Å². The maximum atomic E-state index is 2.54. The van der Waals surface area contributed by atoms with Crippen molar-refractivity contribution >= 4 is 84.8 Å². The van der Waals surface area contributed by atoms with Crippen LogP contribution in [0.25, 0.3) is 90.1 Å². The average molecular weight is 608 g/mol. The Kier molecular flexibility index (Phi) is 5.39. The maximum Gasteiger partial charge on any atom is 0.0720 e. The van der Waals surface area contributed by atoms with Crippen molar-refractivity contribution in [2.75, 3.05) is 0 Å². The Morgan fingerprint density at radius 1 is 0.378 bits per heavy atom. The van der Waals surface area contributed by atoms with Crippen LogP contribution in [0.3, 0.4) is 0 Å². The predicted octanol–water partition coefficient (Wildman–Crippen LogP) is 12.9. The van der Waals surface area contributed by atoms with E-state index in [1.54, 1.807) is 0 Å². The quantitative estimate of drug-likeness (QED) is 0.188. The van der Waals surface area contributed by atoms with E-state index < -0.39 is 0 Å². The van der Waals surface area contributed by atoms with E-state index in [-0.39, 0.29) is 0 Å². The van der Waals surface area contributed by atoms with Crippen LogP contribution in [-0.2, 0) is 0 Å². The Morgan fingerprint density at radius 2 is 1.02 bits per heavy atom. The Morgan fingerprint density at radius 3 is 1.91 bits per heavy atom. The Balaban J connectivity index is 1.25. The number of rotatable bonds is 3. The van der Waals surface area contributed by atoms with Gasteiger partial charge in [0.2, 0.25) is 0 Å². The van der Waals surface area contributed by atoms with E-state index in [2.05, 4.69) is 156 Å². The number of aromatic nitrogens is 1. The number of hydrogen-bond acceptors (Lipinski definition) is 2. The summed E-state index contributed by atoms with van der Waals surface area (Å²) in [5, 5.41) is 7.91. The van der Waals surface area contributed by atoms with Gasteiger partial charge in [-0.25, -0.2) is 0 Å². The molecule has 7 aromatic carbocycles. The molecule has 0 bridgehead atoms. The first-order valence-electron chi connectivity index (χ1n) is 15.3. The van der Waals surface area contributed by atoms with Crippen molar-refractivity contribution < 1.29 is 0 Å². The molecule has 0 aliphatic heterocycles. The van der Waals surface area contributed by atoms with Gasteiger partial charge in [-0.1, -0.05) is 127 Å². The number of para-hydroxylation sites is 1. The summed E-state index contributed by atoms with van der Waals surface area (Å²) < 4.78 is 7.85. The van der Waals surface area contributed by atoms with Gasteiger partial charge >= 0.3 is 0 Å². The first-order valence-corrected chi connectivity index (χ1v) is 16.9. The molecule has 1 nitrogen and oxygen atoms in total. The highest BCUT2D eigenvalue weighted by Gasteiger charge is 2.20. The average Bonchev–Trinajstić information content (AvgIpc) is 3.78. The second-order valence-corrected chi connectivity index (χ2v) is 13.8. The van der Waals surface area contributed by atoms with Crippen LogP contribution in [0, 0.1) is 0 Å². The summed E-state index contributed by atoms with van der Waals surface area (Å²) in [5.74, 6) is 0. The van der Waals surface area contributed by atoms with Crippen molar-refractivity contribution in [3.63, 3.8) is 0 Å². The van der Waals surface area contributed by atoms with Gasteiger partial charge in [0.15, 0.2) is 0 Å². The number of fused-ring (bicyclic) bond motifs is 10. The molecule has 0 spiro atoms. The summed E-state index contributed by atoms with van der Waals surface area (Å²) in [4.78, 5) is 0. The van der Waals surface area contributed by atoms with Crippen LogP contribution in [0.4, 0.5) is 0 Å². The number of nitrogens with zero attached hydrogens (tertiary/aromatic N) is 1. The van der Waals surface area contributed by atoms with E-state index in [9.17, 15) is 0 Å². The zero-order valence-electron chi connectivity index (χ0n) is 24.2. The van der Waals surface area contributed by atoms with Gasteiger partial charge in [-0.3, -0.25) is 0 Å². The van der Waals surface area contributed by atoms with Gasteiger partial charge in [0.05, 0.1) is 26.1 Å². The lowest BCUT2D eigenvalue weighted by atomic mass is 9.97. The smallest absolute Gasteiger partial charge is 0.0720 e. The zero-order valence-corrected chi connectivity index (χ0v) is 25.8. The predicted molar refractivity (Wildman–Crippen MR) is 197 cm³/mol. The molecule has 0 radical (unpaired) electrons. The fourth-order valence-electron chi connectivity index (χ4n) is 7.20. The SMILES string of the molecule is c1ccc(-c2ccc(-c3cccc4sc5c(-n6c7ccccc7c7ccc8c9ccccc9sc8c76)cccc5c34)cc2)cc1. The molecule has 10 aromatic rings. The van der Waals surface area contributed by atoms with Crippen LogP contribution in [0.15, 0.2) is 152 Å². The molecule has 0 aliphatic rings. The maximum absolute atomic E-state index is 2.54. The lowest BCUT2D eigenvalue weighted by Gasteiger charge is -2.10. The molecular formula is C42H25NS2. The molecule has 0 saturated carbocycles. The van der Waals surface area contributed by atoms with E-state index in [0.29, 0.717) is 0 Å². The van der Waals surface area contributed by atoms with Crippen molar-refractivity contribution in [2.24, 2.45) is 0 Å². The normalized spacial score (nSPS) is 12.0. The third-order valence-corrected chi connectivity index (χ3v) is 11.6. The molecule has 0 aliphatic carbocycles. The van der Waals surface area contributed by atoms with Gasteiger partial charge in [-0.15, -0.1) is 22.7 Å². The van der Waals surface area contributed by atoms with Gasteiger partial charge in [-0.05, 0) is 46.5 Å². The molecule has 3 aromatic heterocycles. The summed E-state index contributed by atoms with van der Waals surface area (Å²) in [6.45, 7) is 0. The van der Waals surface area contributed by atoms with Crippen LogP contribution in [0.1, 0.15) is 0 Å². The monoisotopic (exact) mass is 607 g/mol. The molecule has 0 fully saturated rings. The topological polar surface area (TPSA) is 4.93 Å². The molecule has 45 heavy (non-hydrogen) atoms. The lowest BCUT2D eigenvalue weighted by Crippen LogP contribution is -1.94. The fraction of sp³-hybridized carbons (Fsp3) is 0. The molecule has 0 amide bonds. The summed E-state index contributed by atoms with van der Waals surface area (Å²) >= 11 is 3.81. The summed E-state index contributed by atoms with van der Waals surface area (Å²) in [5.41, 5.74) is 8.81. The highest BCUT2D eigenvalue weighted by atomic mass is 32.1. The Labute approximate surface area is 267 Å². The summed E-state index contributed by atoms with van der Waals surface area (Å²) in [7, 11) is 0. The van der Waals surface area contributed by atoms with E-state index >= 15 is 0 Å². The van der Waals surface area contributed by atoms with Gasteiger partial charge in [0, 0.05) is 41.7 Å². The molecule has 0 atom stereocenters. The van der Waals surface area contributed by atoms with Crippen molar-refractivity contribution in [2.45, 2.75) is 0 Å². The molecular weight excluding hydrogens is 583 g/mol. The summed E-state index contributed by atoms with van der Waals surface area (Å²) in [6, 6.07) is 55.6. The molecule has 3 heterocycles. The van der Waals surface area contributed by atoms with Gasteiger partial charge in [-0.2, -0.15) is 0 Å². The van der Waals surface area contributed by atoms with Gasteiger partial charge in [0.25, 0.3) is 0 Å². The number of hydrogen-bond donors (Lipinski definition) is 0. The van der Waals surface area contributed by atoms with Crippen molar-refractivity contribution in [3.05, 3.63) is 152 Å². The Hall–Kier alpha value is -5.22. The molecule has 10 rings (SSSR count). The third kappa shape index (κ3) is 3.66. The largest absolute Gasteiger partial charge is 0.306 e. The van der Waals surface area contributed by atoms with Crippen LogP contribution < -0.4 is 0 Å². The van der Waals surface area contributed by atoms with Gasteiger partial charge in [0.1, 0.15) is 0 Å². The van der Waals surface area contributed by atoms with E-state index in [1.165, 1.54) is 90.1 Å². The lowest BCUT2D eigenvalue weighted by molar-refractivity contribution is 1.21. The summed E-state index contributed by atoms with van der Waals surface area (Å²) in [6.07, 6.45) is 0. The molecule has 0 unspecified atom stereocenters. The highest BCUT2D eigenvalue weighted by Crippen LogP contribution is 2.47. The number of benzene rings is 7. The standard InChI is InChI=1S/C42H25NS2/c1-2-10-26(11-3-1)27-20-22-28(23-21-27)29-14-9-19-38-39(29)34-15-8-17-36(41(34)45-38)43-35-16-6-4-12-30(35)32-24-25-33-31-13-5-7-18-37(31)44-42(33)40(32)43/h1-25H. The van der Waals surface area contributed by atoms with E-state index in [0.717, 1.165) is 0 Å². The van der Waals surface area contributed by atoms with Crippen molar-refractivity contribution in [1.29, 1.82) is 0 Å².